The van der Waals surface area contributed by atoms with E-state index in [0.29, 0.717) is 91.1 Å². The molecule has 7 rings (SSSR count). The van der Waals surface area contributed by atoms with Gasteiger partial charge in [-0.25, -0.2) is 14.4 Å². The first-order valence-corrected chi connectivity index (χ1v) is 24.5. The predicted molar refractivity (Wildman–Crippen MR) is 263 cm³/mol. The summed E-state index contributed by atoms with van der Waals surface area (Å²) in [7, 11) is 6.15. The van der Waals surface area contributed by atoms with Crippen molar-refractivity contribution in [3.63, 3.8) is 0 Å². The second kappa shape index (κ2) is 25.9. The Morgan fingerprint density at radius 1 is 0.653 bits per heavy atom. The van der Waals surface area contributed by atoms with Gasteiger partial charge in [0.1, 0.15) is 70.7 Å². The molecule has 17 heteroatoms. The van der Waals surface area contributed by atoms with E-state index in [0.717, 1.165) is 11.1 Å². The van der Waals surface area contributed by atoms with E-state index < -0.39 is 66.1 Å². The predicted octanol–water partition coefficient (Wildman–Crippen LogP) is 8.64. The highest BCUT2D eigenvalue weighted by Gasteiger charge is 2.46. The fourth-order valence-electron chi connectivity index (χ4n) is 9.07. The van der Waals surface area contributed by atoms with E-state index >= 15 is 0 Å². The van der Waals surface area contributed by atoms with Crippen molar-refractivity contribution >= 4 is 17.9 Å². The number of aryl methyl sites for hydroxylation is 2. The summed E-state index contributed by atoms with van der Waals surface area (Å²) in [5.41, 5.74) is 2.66. The van der Waals surface area contributed by atoms with Crippen LogP contribution in [0.5, 0.6) is 23.0 Å². The SMILES string of the molecule is COCOc1cc(OC)cc2c1C(=O)OC(C)C/C=C\C(O)C1OC(C)(C)O[C@H]1CCC2.COCOc1cc(OC)cc2c1C(=O)OC(C)C/C=C\C(OC(=O)c1ccccc1)C1OC(C)(C)O[C@H]1CCC2. The van der Waals surface area contributed by atoms with Crippen LogP contribution in [0, 0.1) is 0 Å². The Labute approximate surface area is 422 Å². The number of aliphatic hydroxyl groups excluding tert-OH is 1. The number of esters is 3. The fraction of sp³-hybridized carbons (Fsp3) is 0.545. The largest absolute Gasteiger partial charge is 0.497 e. The molecule has 394 valence electrons. The van der Waals surface area contributed by atoms with Crippen molar-refractivity contribution in [1.82, 2.24) is 0 Å². The zero-order valence-electron chi connectivity index (χ0n) is 43.2. The minimum atomic E-state index is -0.858. The number of hydrogen-bond acceptors (Lipinski definition) is 17. The van der Waals surface area contributed by atoms with Gasteiger partial charge >= 0.3 is 17.9 Å². The maximum Gasteiger partial charge on any atom is 0.342 e. The number of cyclic esters (lactones) is 2. The van der Waals surface area contributed by atoms with Crippen LogP contribution < -0.4 is 18.9 Å². The molecule has 0 amide bonds. The number of methoxy groups -OCH3 is 4. The highest BCUT2D eigenvalue weighted by Crippen LogP contribution is 2.38. The molecule has 4 aliphatic rings. The summed E-state index contributed by atoms with van der Waals surface area (Å²) in [4.78, 5) is 39.5. The first-order valence-electron chi connectivity index (χ1n) is 24.5. The normalized spacial score (nSPS) is 27.2. The van der Waals surface area contributed by atoms with Gasteiger partial charge in [0.2, 0.25) is 0 Å². The summed E-state index contributed by atoms with van der Waals surface area (Å²) in [6.45, 7) is 11.0. The molecule has 4 aliphatic heterocycles. The van der Waals surface area contributed by atoms with Crippen molar-refractivity contribution in [2.45, 2.75) is 153 Å². The average Bonchev–Trinajstić information content (AvgIpc) is 3.84. The average molecular weight is 1010 g/mol. The first kappa shape index (κ1) is 55.8. The summed E-state index contributed by atoms with van der Waals surface area (Å²) < 4.78 is 74.5. The molecule has 4 heterocycles. The molecule has 0 saturated carbocycles. The molecule has 8 atom stereocenters. The molecular formula is C55H72O17. The number of aliphatic hydroxyl groups is 1. The molecular weight excluding hydrogens is 933 g/mol. The van der Waals surface area contributed by atoms with Gasteiger partial charge in [0.25, 0.3) is 0 Å². The smallest absolute Gasteiger partial charge is 0.342 e. The maximum atomic E-state index is 13.4. The first-order chi connectivity index (χ1) is 34.4. The molecule has 2 saturated heterocycles. The van der Waals surface area contributed by atoms with Crippen molar-refractivity contribution in [1.29, 1.82) is 0 Å². The van der Waals surface area contributed by atoms with Crippen LogP contribution in [0.2, 0.25) is 0 Å². The van der Waals surface area contributed by atoms with Crippen molar-refractivity contribution in [3.8, 4) is 23.0 Å². The van der Waals surface area contributed by atoms with Gasteiger partial charge in [-0.05, 0) is 122 Å². The minimum absolute atomic E-state index is 0.00686. The molecule has 3 aromatic rings. The van der Waals surface area contributed by atoms with Crippen LogP contribution in [-0.4, -0.2) is 125 Å². The van der Waals surface area contributed by atoms with E-state index in [-0.39, 0.29) is 25.8 Å². The summed E-state index contributed by atoms with van der Waals surface area (Å²) >= 11 is 0. The topological polar surface area (TPSA) is 191 Å². The molecule has 17 nitrogen and oxygen atoms in total. The Kier molecular flexibility index (Phi) is 20.1. The molecule has 0 bridgehead atoms. The van der Waals surface area contributed by atoms with Crippen LogP contribution in [-0.2, 0) is 55.5 Å². The lowest BCUT2D eigenvalue weighted by atomic mass is 9.96. The highest BCUT2D eigenvalue weighted by molar-refractivity contribution is 5.95. The summed E-state index contributed by atoms with van der Waals surface area (Å²) in [6.07, 6.45) is 7.68. The maximum absolute atomic E-state index is 13.4. The molecule has 2 fully saturated rings. The quantitative estimate of drug-likeness (QED) is 0.0878. The van der Waals surface area contributed by atoms with E-state index in [1.54, 1.807) is 82.7 Å². The van der Waals surface area contributed by atoms with Crippen LogP contribution in [0.4, 0.5) is 0 Å². The Morgan fingerprint density at radius 2 is 1.12 bits per heavy atom. The van der Waals surface area contributed by atoms with Crippen molar-refractivity contribution in [2.24, 2.45) is 0 Å². The number of carbonyl (C=O) groups is 3. The lowest BCUT2D eigenvalue weighted by Crippen LogP contribution is -2.38. The van der Waals surface area contributed by atoms with Crippen LogP contribution in [0.3, 0.4) is 0 Å². The van der Waals surface area contributed by atoms with Crippen LogP contribution in [0.1, 0.15) is 122 Å². The van der Waals surface area contributed by atoms with Gasteiger partial charge < -0.3 is 66.7 Å². The van der Waals surface area contributed by atoms with Crippen molar-refractivity contribution < 1.29 is 81.1 Å². The van der Waals surface area contributed by atoms with Gasteiger partial charge in [-0.15, -0.1) is 0 Å². The van der Waals surface area contributed by atoms with Gasteiger partial charge in [-0.3, -0.25) is 0 Å². The van der Waals surface area contributed by atoms with E-state index in [1.165, 1.54) is 14.2 Å². The number of benzene rings is 3. The molecule has 0 aromatic heterocycles. The Hall–Kier alpha value is -5.53. The number of rotatable bonds is 10. The molecule has 6 unspecified atom stereocenters. The van der Waals surface area contributed by atoms with Gasteiger partial charge in [-0.1, -0.05) is 36.4 Å². The molecule has 0 radical (unpaired) electrons. The third-order valence-corrected chi connectivity index (χ3v) is 12.3. The third-order valence-electron chi connectivity index (χ3n) is 12.3. The van der Waals surface area contributed by atoms with E-state index in [2.05, 4.69) is 0 Å². The standard InChI is InChI=1S/C31H38O9.C24H34O8/c1-20-11-9-15-24(38-29(32)21-12-7-6-8-13-21)28-25(39-31(2,3)40-28)16-10-14-22-17-23(35-5)18-26(36-19-34-4)27(22)30(33)37-20;1-15-8-6-10-18(25)22-19(31-24(2,3)32-22)11-7-9-16-12-17(28-5)13-20(29-14-27-4)21(16)23(26)30-15/h6-9,12-13,15,17-18,20,24-25,28H,10-11,14,16,19H2,1-5H3;6,10,12-13,15,18-19,22,25H,7-9,11,14H2,1-5H3/b15-9-;10-6-/t20?,24?,25-,28?;15?,18?,19-,22?/m00/s1. The van der Waals surface area contributed by atoms with Gasteiger partial charge in [0.15, 0.2) is 25.2 Å². The fourth-order valence-corrected chi connectivity index (χ4v) is 9.07. The lowest BCUT2D eigenvalue weighted by Gasteiger charge is -2.25. The van der Waals surface area contributed by atoms with Gasteiger partial charge in [-0.2, -0.15) is 0 Å². The number of ether oxygens (including phenoxy) is 13. The summed E-state index contributed by atoms with van der Waals surface area (Å²) in [5.74, 6) is -1.21. The zero-order valence-corrected chi connectivity index (χ0v) is 43.2. The van der Waals surface area contributed by atoms with Crippen LogP contribution in [0.25, 0.3) is 0 Å². The number of fused-ring (bicyclic) bond motifs is 4. The van der Waals surface area contributed by atoms with Crippen LogP contribution in [0.15, 0.2) is 78.9 Å². The number of carbonyl (C=O) groups excluding carboxylic acids is 3. The second-order valence-electron chi connectivity index (χ2n) is 19.0. The Morgan fingerprint density at radius 3 is 1.61 bits per heavy atom. The van der Waals surface area contributed by atoms with Gasteiger partial charge in [0, 0.05) is 39.2 Å². The van der Waals surface area contributed by atoms with Crippen LogP contribution >= 0.6 is 0 Å². The number of hydrogen-bond donors (Lipinski definition) is 1. The monoisotopic (exact) mass is 1000 g/mol. The second-order valence-corrected chi connectivity index (χ2v) is 19.0. The Balaban J connectivity index is 0.000000241. The molecule has 0 spiro atoms. The molecule has 3 aromatic carbocycles. The van der Waals surface area contributed by atoms with E-state index in [9.17, 15) is 19.5 Å². The lowest BCUT2D eigenvalue weighted by molar-refractivity contribution is -0.153. The third kappa shape index (κ3) is 15.3. The van der Waals surface area contributed by atoms with E-state index in [4.69, 9.17) is 61.6 Å². The molecule has 0 aliphatic carbocycles. The summed E-state index contributed by atoms with van der Waals surface area (Å²) in [6, 6.07) is 15.8. The van der Waals surface area contributed by atoms with Crippen molar-refractivity contribution in [2.75, 3.05) is 42.0 Å². The summed E-state index contributed by atoms with van der Waals surface area (Å²) in [5, 5.41) is 10.7. The van der Waals surface area contributed by atoms with Crippen molar-refractivity contribution in [3.05, 3.63) is 107 Å². The minimum Gasteiger partial charge on any atom is -0.497 e. The van der Waals surface area contributed by atoms with Gasteiger partial charge in [0.05, 0.1) is 32.0 Å². The zero-order chi connectivity index (χ0) is 52.0. The highest BCUT2D eigenvalue weighted by atomic mass is 16.8. The van der Waals surface area contributed by atoms with E-state index in [1.807, 2.05) is 52.0 Å². The Bertz CT molecular complexity index is 2330. The molecule has 1 N–H and O–H groups in total. The molecule has 72 heavy (non-hydrogen) atoms.